The molecule has 0 radical (unpaired) electrons. The summed E-state index contributed by atoms with van der Waals surface area (Å²) in [7, 11) is -8.71. The molecule has 0 saturated carbocycles. The molecule has 0 saturated heterocycles. The molecule has 0 aliphatic carbocycles. The fourth-order valence-electron chi connectivity index (χ4n) is 3.25. The van der Waals surface area contributed by atoms with Gasteiger partial charge in [-0.25, -0.2) is 0 Å². The molecule has 1 aliphatic rings. The van der Waals surface area contributed by atoms with Crippen LogP contribution in [0, 0.1) is 0 Å². The second kappa shape index (κ2) is 10.8. The van der Waals surface area contributed by atoms with Gasteiger partial charge < -0.3 is 18.1 Å². The lowest BCUT2D eigenvalue weighted by Gasteiger charge is -2.38. The number of halogens is 3. The summed E-state index contributed by atoms with van der Waals surface area (Å²) in [5.74, 6) is -0.880. The van der Waals surface area contributed by atoms with Gasteiger partial charge in [-0.2, -0.15) is 18.3 Å². The van der Waals surface area contributed by atoms with Crippen molar-refractivity contribution in [3.05, 3.63) is 35.4 Å². The van der Waals surface area contributed by atoms with E-state index in [2.05, 4.69) is 10.5 Å². The average molecular weight is 514 g/mol. The molecule has 0 bridgehead atoms. The zero-order chi connectivity index (χ0) is 24.9. The van der Waals surface area contributed by atoms with Gasteiger partial charge in [0.1, 0.15) is 5.71 Å². The Morgan fingerprint density at radius 1 is 1.00 bits per heavy atom. The van der Waals surface area contributed by atoms with Crippen molar-refractivity contribution >= 4 is 26.7 Å². The quantitative estimate of drug-likeness (QED) is 0.291. The first kappa shape index (κ1) is 27.7. The lowest BCUT2D eigenvalue weighted by atomic mass is 10.0. The standard InChI is InChI=1S/C19H27F3N2O7P2/c1-5-28-32(26,29-6-2)18(33(27,30-7-3)31-8-4)13-16(23-24-18)17(25)14-10-9-11-15(12-14)19(20,21)22/h9-12,24H,5-8,13H2,1-4H3. The van der Waals surface area contributed by atoms with Crippen molar-refractivity contribution in [2.45, 2.75) is 45.3 Å². The molecule has 1 N–H and O–H groups in total. The lowest BCUT2D eigenvalue weighted by Crippen LogP contribution is -2.42. The van der Waals surface area contributed by atoms with Gasteiger partial charge in [0, 0.05) is 12.0 Å². The van der Waals surface area contributed by atoms with Crippen LogP contribution < -0.4 is 5.43 Å². The molecular weight excluding hydrogens is 487 g/mol. The minimum Gasteiger partial charge on any atom is -0.307 e. The molecule has 2 rings (SSSR count). The van der Waals surface area contributed by atoms with E-state index in [4.69, 9.17) is 18.1 Å². The van der Waals surface area contributed by atoms with Crippen molar-refractivity contribution in [2.24, 2.45) is 5.10 Å². The van der Waals surface area contributed by atoms with Gasteiger partial charge in [-0.15, -0.1) is 0 Å². The number of rotatable bonds is 12. The molecule has 33 heavy (non-hydrogen) atoms. The number of alkyl halides is 3. The monoisotopic (exact) mass is 514 g/mol. The molecule has 0 amide bonds. The molecule has 9 nitrogen and oxygen atoms in total. The first-order valence-corrected chi connectivity index (χ1v) is 13.4. The normalized spacial score (nSPS) is 16.4. The maximum Gasteiger partial charge on any atom is 0.416 e. The zero-order valence-electron chi connectivity index (χ0n) is 18.7. The molecule has 0 spiro atoms. The van der Waals surface area contributed by atoms with E-state index in [1.807, 2.05) is 0 Å². The number of hydrogen-bond donors (Lipinski definition) is 1. The van der Waals surface area contributed by atoms with Crippen molar-refractivity contribution in [1.82, 2.24) is 5.43 Å². The van der Waals surface area contributed by atoms with Gasteiger partial charge in [0.15, 0.2) is 0 Å². The van der Waals surface area contributed by atoms with Crippen LogP contribution in [0.3, 0.4) is 0 Å². The highest BCUT2D eigenvalue weighted by molar-refractivity contribution is 7.74. The molecule has 1 aromatic rings. The Labute approximate surface area is 190 Å². The molecule has 14 heteroatoms. The van der Waals surface area contributed by atoms with Gasteiger partial charge >= 0.3 is 21.4 Å². The summed E-state index contributed by atoms with van der Waals surface area (Å²) < 4.78 is 88.6. The van der Waals surface area contributed by atoms with Crippen LogP contribution in [0.1, 0.15) is 50.0 Å². The Kier molecular flexibility index (Phi) is 9.06. The largest absolute Gasteiger partial charge is 0.416 e. The van der Waals surface area contributed by atoms with Gasteiger partial charge in [-0.05, 0) is 39.8 Å². The second-order valence-electron chi connectivity index (χ2n) is 6.74. The maximum atomic E-state index is 13.9. The average Bonchev–Trinajstić information content (AvgIpc) is 3.21. The summed E-state index contributed by atoms with van der Waals surface area (Å²) >= 11 is 0. The van der Waals surface area contributed by atoms with Crippen molar-refractivity contribution in [3.8, 4) is 0 Å². The minimum atomic E-state index is -4.66. The second-order valence-corrected chi connectivity index (χ2v) is 11.6. The van der Waals surface area contributed by atoms with Crippen LogP contribution in [0.25, 0.3) is 0 Å². The molecule has 1 aromatic carbocycles. The van der Waals surface area contributed by atoms with Gasteiger partial charge in [0.05, 0.1) is 32.0 Å². The highest BCUT2D eigenvalue weighted by Gasteiger charge is 2.68. The highest BCUT2D eigenvalue weighted by atomic mass is 31.2. The van der Waals surface area contributed by atoms with Crippen molar-refractivity contribution in [2.75, 3.05) is 26.4 Å². The lowest BCUT2D eigenvalue weighted by molar-refractivity contribution is -0.137. The van der Waals surface area contributed by atoms with Crippen LogP contribution >= 0.6 is 15.2 Å². The Morgan fingerprint density at radius 3 is 1.91 bits per heavy atom. The molecule has 0 fully saturated rings. The maximum absolute atomic E-state index is 13.9. The number of nitrogens with one attached hydrogen (secondary N) is 1. The smallest absolute Gasteiger partial charge is 0.307 e. The van der Waals surface area contributed by atoms with Crippen LogP contribution in [0.2, 0.25) is 0 Å². The van der Waals surface area contributed by atoms with Crippen LogP contribution in [0.15, 0.2) is 29.4 Å². The SMILES string of the molecule is CCOP(=O)(OCC)C1(P(=O)(OCC)OCC)CC(C(=O)c2cccc(C(F)(F)F)c2)=NN1. The predicted octanol–water partition coefficient (Wildman–Crippen LogP) is 5.42. The number of benzene rings is 1. The van der Waals surface area contributed by atoms with Crippen molar-refractivity contribution in [1.29, 1.82) is 0 Å². The number of hydrazone groups is 1. The third-order valence-electron chi connectivity index (χ3n) is 4.60. The summed E-state index contributed by atoms with van der Waals surface area (Å²) in [4.78, 5) is 13.0. The summed E-state index contributed by atoms with van der Waals surface area (Å²) in [6.45, 7) is 5.75. The summed E-state index contributed by atoms with van der Waals surface area (Å²) in [5.41, 5.74) is 0.811. The number of carbonyl (C=O) groups excluding carboxylic acids is 1. The molecule has 1 aliphatic heterocycles. The first-order chi connectivity index (χ1) is 15.4. The molecule has 0 atom stereocenters. The summed E-state index contributed by atoms with van der Waals surface area (Å²) in [6, 6.07) is 3.78. The number of ketones is 1. The van der Waals surface area contributed by atoms with Crippen molar-refractivity contribution < 1.29 is 45.2 Å². The van der Waals surface area contributed by atoms with Crippen LogP contribution in [-0.4, -0.2) is 42.9 Å². The number of carbonyl (C=O) groups is 1. The van der Waals surface area contributed by atoms with Crippen molar-refractivity contribution in [3.63, 3.8) is 0 Å². The highest BCUT2D eigenvalue weighted by Crippen LogP contribution is 2.78. The number of Topliss-reactive ketones (excluding diaryl/α,β-unsaturated/α-hetero) is 1. The third-order valence-corrected chi connectivity index (χ3v) is 10.8. The van der Waals surface area contributed by atoms with Crippen LogP contribution in [0.5, 0.6) is 0 Å². The fourth-order valence-corrected chi connectivity index (χ4v) is 8.54. The van der Waals surface area contributed by atoms with E-state index in [0.717, 1.165) is 12.1 Å². The third kappa shape index (κ3) is 5.42. The van der Waals surface area contributed by atoms with E-state index in [1.165, 1.54) is 33.8 Å². The number of nitrogens with zero attached hydrogens (tertiary/aromatic N) is 1. The van der Waals surface area contributed by atoms with E-state index >= 15 is 0 Å². The first-order valence-electron chi connectivity index (χ1n) is 10.3. The zero-order valence-corrected chi connectivity index (χ0v) is 20.5. The predicted molar refractivity (Wildman–Crippen MR) is 115 cm³/mol. The molecule has 1 heterocycles. The Hall–Kier alpha value is -1.55. The van der Waals surface area contributed by atoms with Gasteiger partial charge in [0.25, 0.3) is 5.02 Å². The van der Waals surface area contributed by atoms with Crippen LogP contribution in [-0.2, 0) is 33.4 Å². The molecule has 186 valence electrons. The van der Waals surface area contributed by atoms with E-state index in [0.29, 0.717) is 6.07 Å². The summed E-state index contributed by atoms with van der Waals surface area (Å²) in [6.07, 6.45) is -5.24. The van der Waals surface area contributed by atoms with E-state index < -0.39 is 44.2 Å². The van der Waals surface area contributed by atoms with E-state index in [9.17, 15) is 27.1 Å². The Balaban J connectivity index is 2.56. The van der Waals surface area contributed by atoms with Gasteiger partial charge in [0.2, 0.25) is 5.78 Å². The van der Waals surface area contributed by atoms with Crippen LogP contribution in [0.4, 0.5) is 13.2 Å². The Bertz CT molecular complexity index is 934. The summed E-state index contributed by atoms with van der Waals surface area (Å²) in [5, 5.41) is 1.69. The minimum absolute atomic E-state index is 0.101. The number of hydrogen-bond acceptors (Lipinski definition) is 9. The molecule has 0 aromatic heterocycles. The van der Waals surface area contributed by atoms with E-state index in [-0.39, 0.29) is 37.7 Å². The van der Waals surface area contributed by atoms with Gasteiger partial charge in [-0.3, -0.25) is 19.4 Å². The van der Waals surface area contributed by atoms with E-state index in [1.54, 1.807) is 0 Å². The van der Waals surface area contributed by atoms with Gasteiger partial charge in [-0.1, -0.05) is 12.1 Å². The molecule has 0 unspecified atom stereocenters. The molecular formula is C19H27F3N2O7P2. The fraction of sp³-hybridized carbons (Fsp3) is 0.579. The topological polar surface area (TPSA) is 113 Å². The Morgan fingerprint density at radius 2 is 1.48 bits per heavy atom.